The van der Waals surface area contributed by atoms with Crippen LogP contribution in [0.3, 0.4) is 0 Å². The van der Waals surface area contributed by atoms with E-state index in [2.05, 4.69) is 5.10 Å². The number of likely N-dealkylation sites (tertiary alicyclic amines) is 2. The third-order valence-corrected chi connectivity index (χ3v) is 7.05. The van der Waals surface area contributed by atoms with Gasteiger partial charge in [0.05, 0.1) is 6.61 Å². The molecule has 36 heavy (non-hydrogen) atoms. The van der Waals surface area contributed by atoms with Crippen LogP contribution in [0.2, 0.25) is 5.02 Å². The van der Waals surface area contributed by atoms with Crippen LogP contribution in [-0.4, -0.2) is 64.2 Å². The van der Waals surface area contributed by atoms with Crippen molar-refractivity contribution in [3.63, 3.8) is 0 Å². The van der Waals surface area contributed by atoms with Crippen LogP contribution in [0.5, 0.6) is 5.75 Å². The molecule has 2 aliphatic heterocycles. The van der Waals surface area contributed by atoms with Crippen molar-refractivity contribution in [3.8, 4) is 5.75 Å². The van der Waals surface area contributed by atoms with Gasteiger partial charge in [-0.15, -0.1) is 0 Å². The van der Waals surface area contributed by atoms with Crippen molar-refractivity contribution in [2.75, 3.05) is 32.8 Å². The number of hydrogen-bond acceptors (Lipinski definition) is 4. The summed E-state index contributed by atoms with van der Waals surface area (Å²) in [7, 11) is 0. The summed E-state index contributed by atoms with van der Waals surface area (Å²) in [5.74, 6) is 0.275. The number of halogens is 4. The highest BCUT2D eigenvalue weighted by molar-refractivity contribution is 6.30. The van der Waals surface area contributed by atoms with Gasteiger partial charge in [-0.1, -0.05) is 17.7 Å². The van der Waals surface area contributed by atoms with Crippen molar-refractivity contribution in [2.24, 2.45) is 5.41 Å². The number of nitrogens with zero attached hydrogens (tertiary/aromatic N) is 4. The fourth-order valence-electron chi connectivity index (χ4n) is 4.94. The average Bonchev–Trinajstić information content (AvgIpc) is 3.33. The molecule has 2 aromatic rings. The summed E-state index contributed by atoms with van der Waals surface area (Å²) in [4.78, 5) is 29.8. The van der Waals surface area contributed by atoms with Gasteiger partial charge in [0, 0.05) is 49.2 Å². The number of alkyl halides is 3. The average molecular weight is 527 g/mol. The van der Waals surface area contributed by atoms with Crippen molar-refractivity contribution in [2.45, 2.75) is 51.2 Å². The molecule has 3 heterocycles. The van der Waals surface area contributed by atoms with E-state index in [1.165, 1.54) is 0 Å². The van der Waals surface area contributed by atoms with Crippen molar-refractivity contribution in [1.82, 2.24) is 19.6 Å². The third kappa shape index (κ3) is 6.72. The van der Waals surface area contributed by atoms with Gasteiger partial charge in [-0.25, -0.2) is 0 Å². The van der Waals surface area contributed by atoms with Gasteiger partial charge < -0.3 is 14.5 Å². The summed E-state index contributed by atoms with van der Waals surface area (Å²) < 4.78 is 45.7. The molecule has 0 saturated carbocycles. The highest BCUT2D eigenvalue weighted by Crippen LogP contribution is 2.36. The zero-order chi connectivity index (χ0) is 25.8. The molecule has 2 amide bonds. The molecular formula is C25H30ClF3N4O3. The Bertz CT molecular complexity index is 1070. The lowest BCUT2D eigenvalue weighted by Gasteiger charge is -2.43. The topological polar surface area (TPSA) is 67.7 Å². The molecule has 1 aromatic heterocycles. The minimum atomic E-state index is -4.57. The van der Waals surface area contributed by atoms with Crippen molar-refractivity contribution >= 4 is 23.4 Å². The molecule has 0 unspecified atom stereocenters. The summed E-state index contributed by atoms with van der Waals surface area (Å²) in [5, 5.41) is 4.02. The molecule has 1 aromatic carbocycles. The lowest BCUT2D eigenvalue weighted by atomic mass is 9.77. The molecule has 2 saturated heterocycles. The van der Waals surface area contributed by atoms with E-state index in [4.69, 9.17) is 16.3 Å². The molecule has 0 bridgehead atoms. The number of benzene rings is 1. The smallest absolute Gasteiger partial charge is 0.435 e. The number of carbonyl (C=O) groups is 2. The maximum absolute atomic E-state index is 13.2. The second kappa shape index (κ2) is 11.1. The minimum Gasteiger partial charge on any atom is -0.493 e. The SMILES string of the molecule is O=C(C[C@]1(COc2cccc(Cl)c2)CCCN(C(=O)Cn2ccc(C(F)(F)F)n2)C1)N1CCCCC1. The van der Waals surface area contributed by atoms with E-state index >= 15 is 0 Å². The highest BCUT2D eigenvalue weighted by atomic mass is 35.5. The van der Waals surface area contributed by atoms with E-state index < -0.39 is 17.3 Å². The van der Waals surface area contributed by atoms with Crippen LogP contribution in [0.25, 0.3) is 0 Å². The Hall–Kier alpha value is -2.75. The quantitative estimate of drug-likeness (QED) is 0.527. The Morgan fingerprint density at radius 3 is 2.47 bits per heavy atom. The fourth-order valence-corrected chi connectivity index (χ4v) is 5.12. The Labute approximate surface area is 213 Å². The molecule has 11 heteroatoms. The van der Waals surface area contributed by atoms with Crippen LogP contribution in [0.4, 0.5) is 13.2 Å². The standard InChI is InChI=1S/C25H30ClF3N4O3/c26-19-6-4-7-20(14-19)36-18-24(15-22(34)31-10-2-1-3-11-31)9-5-12-32(17-24)23(35)16-33-13-8-21(30-33)25(27,28)29/h4,6-8,13-14H,1-3,5,9-12,15-18H2/t24-/m1/s1. The first kappa shape index (κ1) is 26.3. The van der Waals surface area contributed by atoms with Gasteiger partial charge in [-0.05, 0) is 56.4 Å². The number of carbonyl (C=O) groups excluding carboxylic acids is 2. The van der Waals surface area contributed by atoms with Crippen LogP contribution in [-0.2, 0) is 22.3 Å². The largest absolute Gasteiger partial charge is 0.493 e. The van der Waals surface area contributed by atoms with Gasteiger partial charge in [0.1, 0.15) is 12.3 Å². The van der Waals surface area contributed by atoms with Crippen molar-refractivity contribution < 1.29 is 27.5 Å². The summed E-state index contributed by atoms with van der Waals surface area (Å²) in [6.07, 6.45) is 1.23. The van der Waals surface area contributed by atoms with E-state index in [1.807, 2.05) is 4.90 Å². The zero-order valence-electron chi connectivity index (χ0n) is 20.0. The number of rotatable bonds is 7. The summed E-state index contributed by atoms with van der Waals surface area (Å²) in [5.41, 5.74) is -1.66. The predicted molar refractivity (Wildman–Crippen MR) is 127 cm³/mol. The monoisotopic (exact) mass is 526 g/mol. The van der Waals surface area contributed by atoms with Gasteiger partial charge >= 0.3 is 6.18 Å². The molecule has 2 aliphatic rings. The van der Waals surface area contributed by atoms with Crippen molar-refractivity contribution in [1.29, 1.82) is 0 Å². The fraction of sp³-hybridized carbons (Fsp3) is 0.560. The minimum absolute atomic E-state index is 0.0422. The Kier molecular flexibility index (Phi) is 8.12. The number of piperidine rings is 2. The molecule has 196 valence electrons. The first-order chi connectivity index (χ1) is 17.1. The maximum atomic E-state index is 13.2. The number of aromatic nitrogens is 2. The summed E-state index contributed by atoms with van der Waals surface area (Å²) in [6.45, 7) is 2.11. The van der Waals surface area contributed by atoms with Crippen LogP contribution < -0.4 is 4.74 Å². The lowest BCUT2D eigenvalue weighted by molar-refractivity contribution is -0.143. The Morgan fingerprint density at radius 2 is 1.78 bits per heavy atom. The first-order valence-corrected chi connectivity index (χ1v) is 12.6. The van der Waals surface area contributed by atoms with E-state index in [9.17, 15) is 22.8 Å². The molecule has 0 spiro atoms. The third-order valence-electron chi connectivity index (χ3n) is 6.82. The molecule has 2 fully saturated rings. The zero-order valence-corrected chi connectivity index (χ0v) is 20.7. The molecular weight excluding hydrogens is 497 g/mol. The van der Waals surface area contributed by atoms with Gasteiger partial charge in [-0.3, -0.25) is 14.3 Å². The van der Waals surface area contributed by atoms with Crippen molar-refractivity contribution in [3.05, 3.63) is 47.2 Å². The van der Waals surface area contributed by atoms with Gasteiger partial charge in [0.2, 0.25) is 11.8 Å². The molecule has 0 N–H and O–H groups in total. The second-order valence-corrected chi connectivity index (χ2v) is 10.1. The van der Waals surface area contributed by atoms with E-state index in [1.54, 1.807) is 29.2 Å². The molecule has 1 atom stereocenters. The summed E-state index contributed by atoms with van der Waals surface area (Å²) >= 11 is 6.09. The van der Waals surface area contributed by atoms with E-state index in [0.29, 0.717) is 30.2 Å². The number of amides is 2. The first-order valence-electron chi connectivity index (χ1n) is 12.2. The van der Waals surface area contributed by atoms with Crippen LogP contribution >= 0.6 is 11.6 Å². The van der Waals surface area contributed by atoms with E-state index in [0.717, 1.165) is 49.3 Å². The van der Waals surface area contributed by atoms with Gasteiger partial charge in [0.25, 0.3) is 0 Å². The van der Waals surface area contributed by atoms with E-state index in [-0.39, 0.29) is 37.9 Å². The van der Waals surface area contributed by atoms with Crippen LogP contribution in [0, 0.1) is 5.41 Å². The normalized spacial score (nSPS) is 20.9. The predicted octanol–water partition coefficient (Wildman–Crippen LogP) is 4.65. The van der Waals surface area contributed by atoms with Crippen LogP contribution in [0.1, 0.15) is 44.2 Å². The Balaban J connectivity index is 1.48. The van der Waals surface area contributed by atoms with Gasteiger partial charge in [-0.2, -0.15) is 18.3 Å². The summed E-state index contributed by atoms with van der Waals surface area (Å²) in [6, 6.07) is 7.85. The maximum Gasteiger partial charge on any atom is 0.435 e. The van der Waals surface area contributed by atoms with Crippen LogP contribution in [0.15, 0.2) is 36.5 Å². The molecule has 7 nitrogen and oxygen atoms in total. The van der Waals surface area contributed by atoms with Gasteiger partial charge in [0.15, 0.2) is 5.69 Å². The second-order valence-electron chi connectivity index (χ2n) is 9.68. The molecule has 4 rings (SSSR count). The highest BCUT2D eigenvalue weighted by Gasteiger charge is 2.41. The Morgan fingerprint density at radius 1 is 1.03 bits per heavy atom. The number of hydrogen-bond donors (Lipinski definition) is 0. The number of ether oxygens (including phenoxy) is 1. The molecule has 0 aliphatic carbocycles. The molecule has 0 radical (unpaired) electrons. The lowest BCUT2D eigenvalue weighted by Crippen LogP contribution is -2.52.